The Hall–Kier alpha value is -2.94. The van der Waals surface area contributed by atoms with Crippen LogP contribution in [0.2, 0.25) is 0 Å². The summed E-state index contributed by atoms with van der Waals surface area (Å²) in [6.07, 6.45) is 3.47. The monoisotopic (exact) mass is 355 g/mol. The van der Waals surface area contributed by atoms with Crippen LogP contribution in [0, 0.1) is 0 Å². The highest BCUT2D eigenvalue weighted by molar-refractivity contribution is 5.34. The molecule has 0 fully saturated rings. The predicted octanol–water partition coefficient (Wildman–Crippen LogP) is 0.907. The molecule has 1 N–H and O–H groups in total. The van der Waals surface area contributed by atoms with E-state index in [2.05, 4.69) is 25.1 Å². The van der Waals surface area contributed by atoms with Crippen LogP contribution in [0.5, 0.6) is 5.88 Å². The summed E-state index contributed by atoms with van der Waals surface area (Å²) in [5.74, 6) is 1.17. The van der Waals surface area contributed by atoms with E-state index in [1.54, 1.807) is 43.4 Å². The molecule has 4 heterocycles. The number of methoxy groups -OCH3 is 1. The fraction of sp³-hybridized carbons (Fsp3) is 0.412. The number of hydrogen-bond donors (Lipinski definition) is 1. The lowest BCUT2D eigenvalue weighted by molar-refractivity contribution is 0.203. The number of fused-ring (bicyclic) bond motifs is 1. The lowest BCUT2D eigenvalue weighted by atomic mass is 10.2. The summed E-state index contributed by atoms with van der Waals surface area (Å²) in [5.41, 5.74) is 2.35. The van der Waals surface area contributed by atoms with Gasteiger partial charge >= 0.3 is 0 Å². The molecule has 26 heavy (non-hydrogen) atoms. The quantitative estimate of drug-likeness (QED) is 0.743. The Bertz CT molecular complexity index is 904. The highest BCUT2D eigenvalue weighted by Crippen LogP contribution is 2.24. The first-order valence-electron chi connectivity index (χ1n) is 8.50. The molecule has 0 aromatic carbocycles. The number of aromatic nitrogens is 6. The summed E-state index contributed by atoms with van der Waals surface area (Å²) >= 11 is 0. The number of nitrogens with zero attached hydrogens (tertiary/aromatic N) is 7. The van der Waals surface area contributed by atoms with Crippen molar-refractivity contribution in [3.05, 3.63) is 47.7 Å². The van der Waals surface area contributed by atoms with Gasteiger partial charge in [-0.2, -0.15) is 15.2 Å². The minimum absolute atomic E-state index is 0.542. The molecule has 9 nitrogen and oxygen atoms in total. The molecule has 0 unspecified atom stereocenters. The molecule has 1 aliphatic heterocycles. The first-order valence-corrected chi connectivity index (χ1v) is 8.50. The Balaban J connectivity index is 1.60. The van der Waals surface area contributed by atoms with Crippen LogP contribution in [-0.2, 0) is 20.1 Å². The molecule has 0 bridgehead atoms. The zero-order valence-electron chi connectivity index (χ0n) is 14.8. The van der Waals surface area contributed by atoms with Crippen LogP contribution in [0.25, 0.3) is 0 Å². The van der Waals surface area contributed by atoms with Crippen molar-refractivity contribution in [2.24, 2.45) is 7.05 Å². The molecular formula is C17H21N7O2. The van der Waals surface area contributed by atoms with Gasteiger partial charge in [0, 0.05) is 38.6 Å². The van der Waals surface area contributed by atoms with E-state index in [0.717, 1.165) is 25.2 Å². The van der Waals surface area contributed by atoms with Gasteiger partial charge in [0.1, 0.15) is 6.10 Å². The Morgan fingerprint density at radius 1 is 1.23 bits per heavy atom. The van der Waals surface area contributed by atoms with Crippen molar-refractivity contribution in [1.82, 2.24) is 29.5 Å². The van der Waals surface area contributed by atoms with Crippen LogP contribution in [-0.4, -0.2) is 48.3 Å². The normalized spacial score (nSPS) is 15.4. The van der Waals surface area contributed by atoms with Gasteiger partial charge in [0.25, 0.3) is 0 Å². The molecule has 3 aromatic rings. The van der Waals surface area contributed by atoms with Gasteiger partial charge in [0.2, 0.25) is 11.8 Å². The van der Waals surface area contributed by atoms with Gasteiger partial charge in [-0.1, -0.05) is 0 Å². The van der Waals surface area contributed by atoms with E-state index in [-0.39, 0.29) is 0 Å². The molecule has 1 atom stereocenters. The Morgan fingerprint density at radius 2 is 2.12 bits per heavy atom. The van der Waals surface area contributed by atoms with Gasteiger partial charge in [-0.15, -0.1) is 0 Å². The molecule has 0 radical (unpaired) electrons. The molecular weight excluding hydrogens is 334 g/mol. The van der Waals surface area contributed by atoms with E-state index < -0.39 is 6.10 Å². The predicted molar refractivity (Wildman–Crippen MR) is 93.7 cm³/mol. The van der Waals surface area contributed by atoms with E-state index in [9.17, 15) is 5.11 Å². The lowest BCUT2D eigenvalue weighted by Gasteiger charge is -2.19. The molecule has 9 heteroatoms. The van der Waals surface area contributed by atoms with Gasteiger partial charge in [-0.3, -0.25) is 9.36 Å². The smallest absolute Gasteiger partial charge is 0.228 e. The summed E-state index contributed by atoms with van der Waals surface area (Å²) < 4.78 is 8.81. The molecule has 0 saturated carbocycles. The number of ether oxygens (including phenoxy) is 1. The SMILES string of the molecule is COc1ccnc(N2CCCn3nc([C@@H](O)c4ccnn4C)cc3C2)n1. The van der Waals surface area contributed by atoms with E-state index >= 15 is 0 Å². The van der Waals surface area contributed by atoms with Gasteiger partial charge < -0.3 is 14.7 Å². The van der Waals surface area contributed by atoms with Crippen LogP contribution in [0.1, 0.15) is 29.6 Å². The second-order valence-electron chi connectivity index (χ2n) is 6.24. The fourth-order valence-electron chi connectivity index (χ4n) is 3.19. The van der Waals surface area contributed by atoms with Crippen molar-refractivity contribution >= 4 is 5.95 Å². The summed E-state index contributed by atoms with van der Waals surface area (Å²) in [7, 11) is 3.40. The van der Waals surface area contributed by atoms with Gasteiger partial charge in [-0.25, -0.2) is 4.98 Å². The molecule has 3 aromatic heterocycles. The fourth-order valence-corrected chi connectivity index (χ4v) is 3.19. The number of aryl methyl sites for hydroxylation is 2. The maximum absolute atomic E-state index is 10.6. The highest BCUT2D eigenvalue weighted by Gasteiger charge is 2.23. The lowest BCUT2D eigenvalue weighted by Crippen LogP contribution is -2.24. The second kappa shape index (κ2) is 6.75. The van der Waals surface area contributed by atoms with Crippen LogP contribution in [0.15, 0.2) is 30.6 Å². The highest BCUT2D eigenvalue weighted by atomic mass is 16.5. The third-order valence-corrected chi connectivity index (χ3v) is 4.56. The average Bonchev–Trinajstić information content (AvgIpc) is 3.21. The Kier molecular flexibility index (Phi) is 4.29. The average molecular weight is 355 g/mol. The molecule has 0 aliphatic carbocycles. The summed E-state index contributed by atoms with van der Waals surface area (Å²) in [4.78, 5) is 10.9. The Labute approximate surface area is 150 Å². The van der Waals surface area contributed by atoms with Gasteiger partial charge in [-0.05, 0) is 18.6 Å². The summed E-state index contributed by atoms with van der Waals surface area (Å²) in [6.45, 7) is 2.24. The number of aliphatic hydroxyl groups is 1. The zero-order chi connectivity index (χ0) is 18.1. The van der Waals surface area contributed by atoms with Crippen molar-refractivity contribution in [3.63, 3.8) is 0 Å². The number of anilines is 1. The minimum Gasteiger partial charge on any atom is -0.481 e. The van der Waals surface area contributed by atoms with Crippen LogP contribution < -0.4 is 9.64 Å². The molecule has 136 valence electrons. The largest absolute Gasteiger partial charge is 0.481 e. The molecule has 1 aliphatic rings. The van der Waals surface area contributed by atoms with E-state index in [1.807, 2.05) is 10.7 Å². The Morgan fingerprint density at radius 3 is 2.88 bits per heavy atom. The van der Waals surface area contributed by atoms with Crippen molar-refractivity contribution in [3.8, 4) is 5.88 Å². The minimum atomic E-state index is -0.802. The summed E-state index contributed by atoms with van der Waals surface area (Å²) in [5, 5.41) is 19.4. The third-order valence-electron chi connectivity index (χ3n) is 4.56. The second-order valence-corrected chi connectivity index (χ2v) is 6.24. The van der Waals surface area contributed by atoms with Crippen molar-refractivity contribution in [2.75, 3.05) is 18.6 Å². The number of hydrogen-bond acceptors (Lipinski definition) is 7. The first-order chi connectivity index (χ1) is 12.7. The molecule has 0 amide bonds. The van der Waals surface area contributed by atoms with Gasteiger partial charge in [0.15, 0.2) is 0 Å². The van der Waals surface area contributed by atoms with Crippen molar-refractivity contribution in [2.45, 2.75) is 25.6 Å². The standard InChI is InChI=1S/C17H21N7O2/c1-22-14(4-7-19-22)16(25)13-10-12-11-23(8-3-9-24(12)21-13)17-18-6-5-15(20-17)26-2/h4-7,10,16,25H,3,8-9,11H2,1-2H3/t16-/m1/s1. The van der Waals surface area contributed by atoms with E-state index in [0.29, 0.717) is 29.8 Å². The van der Waals surface area contributed by atoms with Crippen LogP contribution in [0.3, 0.4) is 0 Å². The van der Waals surface area contributed by atoms with Gasteiger partial charge in [0.05, 0.1) is 30.7 Å². The molecule has 4 rings (SSSR count). The van der Waals surface area contributed by atoms with Crippen molar-refractivity contribution < 1.29 is 9.84 Å². The first kappa shape index (κ1) is 16.5. The van der Waals surface area contributed by atoms with Crippen LogP contribution in [0.4, 0.5) is 5.95 Å². The number of aliphatic hydroxyl groups excluding tert-OH is 1. The summed E-state index contributed by atoms with van der Waals surface area (Å²) in [6, 6.07) is 5.47. The third kappa shape index (κ3) is 3.01. The van der Waals surface area contributed by atoms with E-state index in [1.165, 1.54) is 0 Å². The van der Waals surface area contributed by atoms with Crippen LogP contribution >= 0.6 is 0 Å². The van der Waals surface area contributed by atoms with E-state index in [4.69, 9.17) is 4.74 Å². The molecule has 0 saturated heterocycles. The van der Waals surface area contributed by atoms with Crippen molar-refractivity contribution in [1.29, 1.82) is 0 Å². The molecule has 0 spiro atoms. The topological polar surface area (TPSA) is 94.1 Å². The zero-order valence-corrected chi connectivity index (χ0v) is 14.8. The number of rotatable bonds is 4. The maximum atomic E-state index is 10.6. The maximum Gasteiger partial charge on any atom is 0.228 e.